The minimum absolute atomic E-state index is 0.0588. The maximum Gasteiger partial charge on any atom is 0.258 e. The molecule has 3 nitrogen and oxygen atoms in total. The highest BCUT2D eigenvalue weighted by Gasteiger charge is 2.23. The van der Waals surface area contributed by atoms with Crippen LogP contribution in [0.3, 0.4) is 0 Å². The summed E-state index contributed by atoms with van der Waals surface area (Å²) in [5, 5.41) is 0. The molecular weight excluding hydrogens is 303 g/mol. The summed E-state index contributed by atoms with van der Waals surface area (Å²) in [6.45, 7) is 8.61. The zero-order chi connectivity index (χ0) is 17.7. The third kappa shape index (κ3) is 3.99. The van der Waals surface area contributed by atoms with Crippen LogP contribution in [0.5, 0.6) is 0 Å². The zero-order valence-corrected chi connectivity index (χ0v) is 14.8. The van der Waals surface area contributed by atoms with Gasteiger partial charge in [-0.05, 0) is 55.2 Å². The first-order valence-electron chi connectivity index (χ1n) is 8.46. The number of hydrogen-bond donors (Lipinski definition) is 0. The molecule has 0 N–H and O–H groups in total. The molecule has 0 fully saturated rings. The molecule has 0 spiro atoms. The average molecular weight is 328 g/mol. The van der Waals surface area contributed by atoms with E-state index in [0.29, 0.717) is 18.0 Å². The smallest absolute Gasteiger partial charge is 0.258 e. The van der Waals surface area contributed by atoms with Crippen molar-refractivity contribution in [3.63, 3.8) is 0 Å². The van der Waals surface area contributed by atoms with Crippen molar-refractivity contribution in [2.24, 2.45) is 5.92 Å². The van der Waals surface area contributed by atoms with Crippen LogP contribution in [0.4, 0.5) is 10.1 Å². The Bertz CT molecular complexity index is 711. The third-order valence-corrected chi connectivity index (χ3v) is 4.54. The van der Waals surface area contributed by atoms with Gasteiger partial charge in [-0.2, -0.15) is 0 Å². The molecule has 0 aliphatic carbocycles. The maximum atomic E-state index is 13.5. The van der Waals surface area contributed by atoms with Crippen LogP contribution in [0.1, 0.15) is 48.2 Å². The number of carbonyl (C=O) groups is 1. The van der Waals surface area contributed by atoms with Gasteiger partial charge in [0, 0.05) is 30.2 Å². The molecule has 0 aliphatic rings. The van der Waals surface area contributed by atoms with Gasteiger partial charge < -0.3 is 4.90 Å². The number of amides is 1. The molecule has 0 bridgehead atoms. The summed E-state index contributed by atoms with van der Waals surface area (Å²) < 4.78 is 13.5. The molecule has 0 saturated heterocycles. The monoisotopic (exact) mass is 328 g/mol. The average Bonchev–Trinajstić information content (AvgIpc) is 2.57. The molecule has 2 rings (SSSR count). The van der Waals surface area contributed by atoms with Crippen molar-refractivity contribution in [1.82, 2.24) is 4.98 Å². The lowest BCUT2D eigenvalue weighted by Crippen LogP contribution is -2.36. The Morgan fingerprint density at radius 3 is 2.46 bits per heavy atom. The number of pyridine rings is 1. The Hall–Kier alpha value is -2.23. The second-order valence-electron chi connectivity index (χ2n) is 6.22. The summed E-state index contributed by atoms with van der Waals surface area (Å²) in [4.78, 5) is 19.0. The van der Waals surface area contributed by atoms with E-state index in [0.717, 1.165) is 29.7 Å². The Labute approximate surface area is 143 Å². The number of aromatic nitrogens is 1. The quantitative estimate of drug-likeness (QED) is 0.754. The molecule has 0 unspecified atom stereocenters. The van der Waals surface area contributed by atoms with Crippen LogP contribution in [0.25, 0.3) is 0 Å². The Kier molecular flexibility index (Phi) is 6.07. The first kappa shape index (κ1) is 18.1. The minimum Gasteiger partial charge on any atom is -0.308 e. The fourth-order valence-electron chi connectivity index (χ4n) is 2.88. The van der Waals surface area contributed by atoms with E-state index in [-0.39, 0.29) is 11.7 Å². The van der Waals surface area contributed by atoms with Crippen molar-refractivity contribution in [1.29, 1.82) is 0 Å². The summed E-state index contributed by atoms with van der Waals surface area (Å²) in [6.07, 6.45) is 5.32. The number of halogens is 1. The summed E-state index contributed by atoms with van der Waals surface area (Å²) in [5.41, 5.74) is 3.02. The highest BCUT2D eigenvalue weighted by Crippen LogP contribution is 2.26. The van der Waals surface area contributed by atoms with Gasteiger partial charge in [0.1, 0.15) is 5.82 Å². The molecule has 1 aromatic carbocycles. The molecule has 1 aromatic heterocycles. The summed E-state index contributed by atoms with van der Waals surface area (Å²) >= 11 is 0. The number of aryl methyl sites for hydroxylation is 2. The molecule has 2 aromatic rings. The Morgan fingerprint density at radius 1 is 1.17 bits per heavy atom. The van der Waals surface area contributed by atoms with E-state index in [9.17, 15) is 9.18 Å². The van der Waals surface area contributed by atoms with Gasteiger partial charge in [0.25, 0.3) is 5.91 Å². The number of carbonyl (C=O) groups excluding carboxylic acids is 1. The van der Waals surface area contributed by atoms with Crippen molar-refractivity contribution in [2.45, 2.75) is 40.5 Å². The molecule has 0 atom stereocenters. The van der Waals surface area contributed by atoms with Crippen LogP contribution in [-0.2, 0) is 0 Å². The fraction of sp³-hybridized carbons (Fsp3) is 0.400. The highest BCUT2D eigenvalue weighted by molar-refractivity contribution is 6.07. The number of rotatable bonds is 6. The number of benzene rings is 1. The maximum absolute atomic E-state index is 13.5. The first-order chi connectivity index (χ1) is 11.5. The molecule has 1 heterocycles. The highest BCUT2D eigenvalue weighted by atomic mass is 19.1. The second-order valence-corrected chi connectivity index (χ2v) is 6.22. The molecule has 0 aliphatic heterocycles. The lowest BCUT2D eigenvalue weighted by atomic mass is 10.0. The topological polar surface area (TPSA) is 33.2 Å². The van der Waals surface area contributed by atoms with Gasteiger partial charge in [0.05, 0.1) is 0 Å². The Morgan fingerprint density at radius 2 is 1.88 bits per heavy atom. The number of anilines is 1. The molecule has 1 amide bonds. The van der Waals surface area contributed by atoms with Crippen LogP contribution in [0.15, 0.2) is 36.7 Å². The van der Waals surface area contributed by atoms with Crippen LogP contribution in [-0.4, -0.2) is 17.4 Å². The van der Waals surface area contributed by atoms with E-state index < -0.39 is 0 Å². The van der Waals surface area contributed by atoms with Crippen molar-refractivity contribution >= 4 is 11.6 Å². The lowest BCUT2D eigenvalue weighted by molar-refractivity contribution is 0.0981. The van der Waals surface area contributed by atoms with Crippen LogP contribution in [0, 0.1) is 25.6 Å². The van der Waals surface area contributed by atoms with E-state index >= 15 is 0 Å². The standard InChI is InChI=1S/C20H25FN2O/c1-5-16(6-2)13-23(19-8-7-17(21)11-14(19)3)20(24)18-9-10-22-12-15(18)4/h7-12,16H,5-6,13H2,1-4H3. The van der Waals surface area contributed by atoms with Gasteiger partial charge >= 0.3 is 0 Å². The van der Waals surface area contributed by atoms with Gasteiger partial charge in [-0.15, -0.1) is 0 Å². The second kappa shape index (κ2) is 8.04. The van der Waals surface area contributed by atoms with Gasteiger partial charge in [-0.1, -0.05) is 26.7 Å². The van der Waals surface area contributed by atoms with Gasteiger partial charge in [0.15, 0.2) is 0 Å². The molecule has 0 saturated carbocycles. The summed E-state index contributed by atoms with van der Waals surface area (Å²) in [6, 6.07) is 6.33. The van der Waals surface area contributed by atoms with E-state index in [4.69, 9.17) is 0 Å². The lowest BCUT2D eigenvalue weighted by Gasteiger charge is -2.28. The minimum atomic E-state index is -0.286. The first-order valence-corrected chi connectivity index (χ1v) is 8.46. The third-order valence-electron chi connectivity index (χ3n) is 4.54. The largest absolute Gasteiger partial charge is 0.308 e. The van der Waals surface area contributed by atoms with Crippen LogP contribution >= 0.6 is 0 Å². The molecule has 4 heteroatoms. The SMILES string of the molecule is CCC(CC)CN(C(=O)c1ccncc1C)c1ccc(F)cc1C. The molecule has 128 valence electrons. The van der Waals surface area contributed by atoms with E-state index in [1.165, 1.54) is 12.1 Å². The van der Waals surface area contributed by atoms with Gasteiger partial charge in [-0.25, -0.2) is 4.39 Å². The molecule has 0 radical (unpaired) electrons. The summed E-state index contributed by atoms with van der Waals surface area (Å²) in [7, 11) is 0. The van der Waals surface area contributed by atoms with Crippen molar-refractivity contribution < 1.29 is 9.18 Å². The van der Waals surface area contributed by atoms with Crippen LogP contribution < -0.4 is 4.90 Å². The summed E-state index contributed by atoms with van der Waals surface area (Å²) in [5.74, 6) is 0.0586. The van der Waals surface area contributed by atoms with E-state index in [1.807, 2.05) is 13.8 Å². The van der Waals surface area contributed by atoms with Gasteiger partial charge in [-0.3, -0.25) is 9.78 Å². The van der Waals surface area contributed by atoms with Crippen molar-refractivity contribution in [2.75, 3.05) is 11.4 Å². The van der Waals surface area contributed by atoms with Crippen LogP contribution in [0.2, 0.25) is 0 Å². The van der Waals surface area contributed by atoms with Crippen molar-refractivity contribution in [3.05, 3.63) is 59.2 Å². The van der Waals surface area contributed by atoms with E-state index in [1.54, 1.807) is 29.4 Å². The Balaban J connectivity index is 2.46. The fourth-order valence-corrected chi connectivity index (χ4v) is 2.88. The molecular formula is C20H25FN2O. The number of hydrogen-bond acceptors (Lipinski definition) is 2. The zero-order valence-electron chi connectivity index (χ0n) is 14.8. The molecule has 24 heavy (non-hydrogen) atoms. The van der Waals surface area contributed by atoms with Crippen molar-refractivity contribution in [3.8, 4) is 0 Å². The normalized spacial score (nSPS) is 10.9. The predicted molar refractivity (Wildman–Crippen MR) is 95.9 cm³/mol. The number of nitrogens with zero attached hydrogens (tertiary/aromatic N) is 2. The predicted octanol–water partition coefficient (Wildman–Crippen LogP) is 4.92. The van der Waals surface area contributed by atoms with E-state index in [2.05, 4.69) is 18.8 Å². The van der Waals surface area contributed by atoms with Gasteiger partial charge in [0.2, 0.25) is 0 Å².